The number of nitrogens with one attached hydrogen (secondary N) is 2. The van der Waals surface area contributed by atoms with Crippen LogP contribution in [0.25, 0.3) is 0 Å². The van der Waals surface area contributed by atoms with E-state index >= 15 is 0 Å². The lowest BCUT2D eigenvalue weighted by molar-refractivity contribution is 0.207. The molecule has 1 unspecified atom stereocenters. The highest BCUT2D eigenvalue weighted by molar-refractivity contribution is 7.10. The zero-order valence-electron chi connectivity index (χ0n) is 11.2. The van der Waals surface area contributed by atoms with Crippen LogP contribution in [0.3, 0.4) is 0 Å². The van der Waals surface area contributed by atoms with Crippen LogP contribution >= 0.6 is 11.3 Å². The fraction of sp³-hybridized carbons (Fsp3) is 0.615. The van der Waals surface area contributed by atoms with Gasteiger partial charge in [0.15, 0.2) is 0 Å². The third-order valence-electron chi connectivity index (χ3n) is 2.69. The van der Waals surface area contributed by atoms with Crippen molar-refractivity contribution < 1.29 is 9.90 Å². The maximum atomic E-state index is 11.7. The lowest BCUT2D eigenvalue weighted by Crippen LogP contribution is -2.44. The van der Waals surface area contributed by atoms with E-state index in [-0.39, 0.29) is 18.7 Å². The van der Waals surface area contributed by atoms with Crippen molar-refractivity contribution in [1.82, 2.24) is 10.6 Å². The summed E-state index contributed by atoms with van der Waals surface area (Å²) in [7, 11) is 0. The van der Waals surface area contributed by atoms with Gasteiger partial charge >= 0.3 is 6.03 Å². The Labute approximate surface area is 112 Å². The normalized spacial score (nSPS) is 12.5. The van der Waals surface area contributed by atoms with Gasteiger partial charge in [0.05, 0.1) is 19.2 Å². The van der Waals surface area contributed by atoms with E-state index < -0.39 is 0 Å². The molecule has 0 aliphatic heterocycles. The molecule has 0 saturated heterocycles. The first-order valence-electron chi connectivity index (χ1n) is 6.21. The number of rotatable bonds is 6. The van der Waals surface area contributed by atoms with Crippen molar-refractivity contribution in [3.63, 3.8) is 0 Å². The molecule has 0 fully saturated rings. The summed E-state index contributed by atoms with van der Waals surface area (Å²) in [5.41, 5.74) is 1.20. The number of aliphatic hydroxyl groups excluding tert-OH is 1. The SMILES string of the molecule is Cc1ccsc1CNC(=O)NC(CO)CC(C)C. The average Bonchev–Trinajstić information content (AvgIpc) is 2.70. The fourth-order valence-electron chi connectivity index (χ4n) is 1.73. The largest absolute Gasteiger partial charge is 0.394 e. The highest BCUT2D eigenvalue weighted by Gasteiger charge is 2.12. The van der Waals surface area contributed by atoms with Crippen molar-refractivity contribution in [2.75, 3.05) is 6.61 Å². The summed E-state index contributed by atoms with van der Waals surface area (Å²) >= 11 is 1.63. The summed E-state index contributed by atoms with van der Waals surface area (Å²) in [6.45, 7) is 6.67. The minimum atomic E-state index is -0.220. The predicted molar refractivity (Wildman–Crippen MR) is 74.8 cm³/mol. The van der Waals surface area contributed by atoms with E-state index in [2.05, 4.69) is 24.5 Å². The first-order valence-corrected chi connectivity index (χ1v) is 7.09. The molecule has 1 aromatic rings. The monoisotopic (exact) mass is 270 g/mol. The van der Waals surface area contributed by atoms with Gasteiger partial charge in [0, 0.05) is 4.88 Å². The molecule has 0 aliphatic carbocycles. The number of hydrogen-bond donors (Lipinski definition) is 3. The van der Waals surface area contributed by atoms with Crippen molar-refractivity contribution in [2.45, 2.75) is 39.8 Å². The average molecular weight is 270 g/mol. The Balaban J connectivity index is 2.34. The lowest BCUT2D eigenvalue weighted by atomic mass is 10.0. The number of carbonyl (C=O) groups excluding carboxylic acids is 1. The third kappa shape index (κ3) is 5.06. The predicted octanol–water partition coefficient (Wildman–Crippen LogP) is 2.26. The van der Waals surface area contributed by atoms with E-state index in [1.165, 1.54) is 5.56 Å². The van der Waals surface area contributed by atoms with E-state index in [1.54, 1.807) is 11.3 Å². The Bertz CT molecular complexity index is 377. The molecule has 0 aromatic carbocycles. The first kappa shape index (κ1) is 15.0. The van der Waals surface area contributed by atoms with Crippen LogP contribution in [0.2, 0.25) is 0 Å². The Morgan fingerprint density at radius 2 is 2.22 bits per heavy atom. The summed E-state index contributed by atoms with van der Waals surface area (Å²) in [5.74, 6) is 0.446. The van der Waals surface area contributed by atoms with Crippen LogP contribution in [0, 0.1) is 12.8 Å². The molecule has 5 heteroatoms. The van der Waals surface area contributed by atoms with Crippen molar-refractivity contribution in [2.24, 2.45) is 5.92 Å². The second-order valence-corrected chi connectivity index (χ2v) is 5.86. The van der Waals surface area contributed by atoms with Crippen LogP contribution in [0.5, 0.6) is 0 Å². The van der Waals surface area contributed by atoms with Crippen molar-refractivity contribution in [3.05, 3.63) is 21.9 Å². The van der Waals surface area contributed by atoms with Gasteiger partial charge in [0.25, 0.3) is 0 Å². The smallest absolute Gasteiger partial charge is 0.315 e. The first-order chi connectivity index (χ1) is 8.52. The summed E-state index contributed by atoms with van der Waals surface area (Å²) in [6, 6.07) is 1.64. The van der Waals surface area contributed by atoms with E-state index in [4.69, 9.17) is 0 Å². The Kier molecular flexibility index (Phi) is 6.15. The number of thiophene rings is 1. The van der Waals surface area contributed by atoms with Crippen LogP contribution in [-0.4, -0.2) is 23.8 Å². The maximum absolute atomic E-state index is 11.7. The fourth-order valence-corrected chi connectivity index (χ4v) is 2.58. The van der Waals surface area contributed by atoms with Crippen LogP contribution < -0.4 is 10.6 Å². The van der Waals surface area contributed by atoms with Gasteiger partial charge < -0.3 is 15.7 Å². The quantitative estimate of drug-likeness (QED) is 0.742. The zero-order chi connectivity index (χ0) is 13.5. The number of amides is 2. The van der Waals surface area contributed by atoms with Gasteiger partial charge in [-0.25, -0.2) is 4.79 Å². The van der Waals surface area contributed by atoms with Gasteiger partial charge in [-0.2, -0.15) is 0 Å². The van der Waals surface area contributed by atoms with E-state index in [1.807, 2.05) is 18.4 Å². The van der Waals surface area contributed by atoms with Crippen LogP contribution in [0.1, 0.15) is 30.7 Å². The Hall–Kier alpha value is -1.07. The Morgan fingerprint density at radius 1 is 1.50 bits per heavy atom. The summed E-state index contributed by atoms with van der Waals surface area (Å²) in [5, 5.41) is 16.8. The second-order valence-electron chi connectivity index (χ2n) is 4.86. The molecule has 0 radical (unpaired) electrons. The molecule has 0 aliphatic rings. The molecule has 0 bridgehead atoms. The number of urea groups is 1. The highest BCUT2D eigenvalue weighted by atomic mass is 32.1. The molecule has 18 heavy (non-hydrogen) atoms. The van der Waals surface area contributed by atoms with Crippen molar-refractivity contribution >= 4 is 17.4 Å². The number of carbonyl (C=O) groups is 1. The van der Waals surface area contributed by atoms with Gasteiger partial charge in [0.2, 0.25) is 0 Å². The standard InChI is InChI=1S/C13H22N2O2S/c1-9(2)6-11(8-16)15-13(17)14-7-12-10(3)4-5-18-12/h4-5,9,11,16H,6-8H2,1-3H3,(H2,14,15,17). The molecule has 0 spiro atoms. The topological polar surface area (TPSA) is 61.4 Å². The van der Waals surface area contributed by atoms with Crippen LogP contribution in [0.4, 0.5) is 4.79 Å². The Morgan fingerprint density at radius 3 is 2.72 bits per heavy atom. The zero-order valence-corrected chi connectivity index (χ0v) is 12.0. The highest BCUT2D eigenvalue weighted by Crippen LogP contribution is 2.14. The molecule has 2 amide bonds. The molecule has 3 N–H and O–H groups in total. The second kappa shape index (κ2) is 7.38. The maximum Gasteiger partial charge on any atom is 0.315 e. The van der Waals surface area contributed by atoms with E-state index in [0.29, 0.717) is 12.5 Å². The molecule has 1 atom stereocenters. The van der Waals surface area contributed by atoms with E-state index in [9.17, 15) is 9.90 Å². The van der Waals surface area contributed by atoms with Crippen LogP contribution in [0.15, 0.2) is 11.4 Å². The molecule has 4 nitrogen and oxygen atoms in total. The summed E-state index contributed by atoms with van der Waals surface area (Å²) in [4.78, 5) is 12.8. The van der Waals surface area contributed by atoms with Crippen molar-refractivity contribution in [1.29, 1.82) is 0 Å². The third-order valence-corrected chi connectivity index (χ3v) is 3.71. The van der Waals surface area contributed by atoms with Gasteiger partial charge in [-0.15, -0.1) is 11.3 Å². The molecular weight excluding hydrogens is 248 g/mol. The molecular formula is C13H22N2O2S. The van der Waals surface area contributed by atoms with Gasteiger partial charge in [-0.05, 0) is 36.3 Å². The van der Waals surface area contributed by atoms with Gasteiger partial charge in [0.1, 0.15) is 0 Å². The lowest BCUT2D eigenvalue weighted by Gasteiger charge is -2.18. The molecule has 0 saturated carbocycles. The molecule has 1 heterocycles. The van der Waals surface area contributed by atoms with Crippen molar-refractivity contribution in [3.8, 4) is 0 Å². The summed E-state index contributed by atoms with van der Waals surface area (Å²) in [6.07, 6.45) is 0.780. The summed E-state index contributed by atoms with van der Waals surface area (Å²) < 4.78 is 0. The van der Waals surface area contributed by atoms with Crippen LogP contribution in [-0.2, 0) is 6.54 Å². The molecule has 1 rings (SSSR count). The molecule has 102 valence electrons. The van der Waals surface area contributed by atoms with E-state index in [0.717, 1.165) is 11.3 Å². The number of aliphatic hydroxyl groups is 1. The number of aryl methyl sites for hydroxylation is 1. The number of hydrogen-bond acceptors (Lipinski definition) is 3. The molecule has 1 aromatic heterocycles. The van der Waals surface area contributed by atoms with Gasteiger partial charge in [-0.1, -0.05) is 13.8 Å². The van der Waals surface area contributed by atoms with Gasteiger partial charge in [-0.3, -0.25) is 0 Å². The minimum absolute atomic E-state index is 0.0242. The minimum Gasteiger partial charge on any atom is -0.394 e.